The van der Waals surface area contributed by atoms with Crippen molar-refractivity contribution in [2.24, 2.45) is 5.73 Å². The summed E-state index contributed by atoms with van der Waals surface area (Å²) in [5.41, 5.74) is 7.02. The van der Waals surface area contributed by atoms with Gasteiger partial charge in [-0.1, -0.05) is 25.5 Å². The number of para-hydroxylation sites is 2. The quantitative estimate of drug-likeness (QED) is 0.916. The average molecular weight is 285 g/mol. The van der Waals surface area contributed by atoms with E-state index in [4.69, 9.17) is 5.73 Å². The predicted octanol–water partition coefficient (Wildman–Crippen LogP) is 3.27. The van der Waals surface area contributed by atoms with E-state index in [1.165, 1.54) is 4.57 Å². The second-order valence-corrected chi connectivity index (χ2v) is 4.97. The van der Waals surface area contributed by atoms with Crippen LogP contribution in [0.3, 0.4) is 0 Å². The minimum atomic E-state index is -4.27. The van der Waals surface area contributed by atoms with Gasteiger partial charge >= 0.3 is 6.18 Å². The SMILES string of the molecule is CCCC(N)Cc1nc2ccccc2n1CC(F)(F)F. The lowest BCUT2D eigenvalue weighted by atomic mass is 10.1. The maximum Gasteiger partial charge on any atom is 0.406 e. The van der Waals surface area contributed by atoms with E-state index in [1.54, 1.807) is 24.3 Å². The van der Waals surface area contributed by atoms with Crippen LogP contribution in [0.5, 0.6) is 0 Å². The first-order chi connectivity index (χ1) is 9.40. The number of hydrogen-bond donors (Lipinski definition) is 1. The number of fused-ring (bicyclic) bond motifs is 1. The van der Waals surface area contributed by atoms with Gasteiger partial charge in [-0.2, -0.15) is 13.2 Å². The average Bonchev–Trinajstić information content (AvgIpc) is 2.66. The summed E-state index contributed by atoms with van der Waals surface area (Å²) in [5.74, 6) is 0.407. The van der Waals surface area contributed by atoms with E-state index < -0.39 is 12.7 Å². The first-order valence-corrected chi connectivity index (χ1v) is 6.67. The summed E-state index contributed by atoms with van der Waals surface area (Å²) in [4.78, 5) is 4.30. The summed E-state index contributed by atoms with van der Waals surface area (Å²) in [6.45, 7) is 0.972. The standard InChI is InChI=1S/C14H18F3N3/c1-2-5-10(18)8-13-19-11-6-3-4-7-12(11)20(13)9-14(15,16)17/h3-4,6-7,10H,2,5,8-9,18H2,1H3. The molecule has 0 spiro atoms. The number of imidazole rings is 1. The Morgan fingerprint density at radius 1 is 1.30 bits per heavy atom. The molecule has 3 nitrogen and oxygen atoms in total. The molecule has 0 aliphatic rings. The van der Waals surface area contributed by atoms with Crippen molar-refractivity contribution in [1.82, 2.24) is 9.55 Å². The van der Waals surface area contributed by atoms with E-state index in [2.05, 4.69) is 4.98 Å². The lowest BCUT2D eigenvalue weighted by Crippen LogP contribution is -2.26. The second-order valence-electron chi connectivity index (χ2n) is 4.97. The molecule has 1 atom stereocenters. The van der Waals surface area contributed by atoms with Crippen LogP contribution in [-0.4, -0.2) is 21.8 Å². The van der Waals surface area contributed by atoms with Gasteiger partial charge in [0, 0.05) is 12.5 Å². The summed E-state index contributed by atoms with van der Waals surface area (Å²) in [6, 6.07) is 6.69. The Kier molecular flexibility index (Phi) is 4.32. The van der Waals surface area contributed by atoms with E-state index in [-0.39, 0.29) is 6.04 Å². The Hall–Kier alpha value is -1.56. The monoisotopic (exact) mass is 285 g/mol. The highest BCUT2D eigenvalue weighted by Gasteiger charge is 2.30. The molecule has 6 heteroatoms. The number of nitrogens with zero attached hydrogens (tertiary/aromatic N) is 2. The largest absolute Gasteiger partial charge is 0.406 e. The van der Waals surface area contributed by atoms with Crippen molar-refractivity contribution in [3.63, 3.8) is 0 Å². The molecule has 0 radical (unpaired) electrons. The van der Waals surface area contributed by atoms with Gasteiger partial charge < -0.3 is 10.3 Å². The highest BCUT2D eigenvalue weighted by Crippen LogP contribution is 2.24. The van der Waals surface area contributed by atoms with E-state index in [1.807, 2.05) is 6.92 Å². The van der Waals surface area contributed by atoms with Crippen LogP contribution in [0.1, 0.15) is 25.6 Å². The minimum absolute atomic E-state index is 0.163. The van der Waals surface area contributed by atoms with Crippen molar-refractivity contribution in [3.8, 4) is 0 Å². The van der Waals surface area contributed by atoms with Gasteiger partial charge in [-0.25, -0.2) is 4.98 Å². The Morgan fingerprint density at radius 2 is 2.00 bits per heavy atom. The first-order valence-electron chi connectivity index (χ1n) is 6.67. The Bertz CT molecular complexity index is 575. The van der Waals surface area contributed by atoms with Crippen molar-refractivity contribution < 1.29 is 13.2 Å². The molecule has 0 aliphatic heterocycles. The van der Waals surface area contributed by atoms with Gasteiger partial charge in [0.05, 0.1) is 11.0 Å². The van der Waals surface area contributed by atoms with Crippen LogP contribution in [0.15, 0.2) is 24.3 Å². The van der Waals surface area contributed by atoms with Crippen LogP contribution < -0.4 is 5.73 Å². The molecule has 1 aromatic heterocycles. The topological polar surface area (TPSA) is 43.8 Å². The molecule has 0 saturated heterocycles. The third-order valence-corrected chi connectivity index (χ3v) is 3.18. The lowest BCUT2D eigenvalue weighted by molar-refractivity contribution is -0.140. The summed E-state index contributed by atoms with van der Waals surface area (Å²) in [7, 11) is 0. The van der Waals surface area contributed by atoms with E-state index in [9.17, 15) is 13.2 Å². The van der Waals surface area contributed by atoms with Crippen LogP contribution in [0.25, 0.3) is 11.0 Å². The minimum Gasteiger partial charge on any atom is -0.327 e. The third kappa shape index (κ3) is 3.50. The molecule has 2 rings (SSSR count). The highest BCUT2D eigenvalue weighted by molar-refractivity contribution is 5.75. The predicted molar refractivity (Wildman–Crippen MR) is 72.4 cm³/mol. The molecular weight excluding hydrogens is 267 g/mol. The fourth-order valence-electron chi connectivity index (χ4n) is 2.34. The number of benzene rings is 1. The molecule has 0 fully saturated rings. The smallest absolute Gasteiger partial charge is 0.327 e. The van der Waals surface area contributed by atoms with Gasteiger partial charge in [-0.15, -0.1) is 0 Å². The highest BCUT2D eigenvalue weighted by atomic mass is 19.4. The molecule has 0 bridgehead atoms. The molecule has 0 saturated carbocycles. The van der Waals surface area contributed by atoms with Crippen molar-refractivity contribution in [2.75, 3.05) is 0 Å². The lowest BCUT2D eigenvalue weighted by Gasteiger charge is -2.14. The van der Waals surface area contributed by atoms with Crippen LogP contribution in [-0.2, 0) is 13.0 Å². The van der Waals surface area contributed by atoms with Gasteiger partial charge in [-0.05, 0) is 18.6 Å². The van der Waals surface area contributed by atoms with Crippen molar-refractivity contribution in [3.05, 3.63) is 30.1 Å². The van der Waals surface area contributed by atoms with Gasteiger partial charge in [0.25, 0.3) is 0 Å². The zero-order valence-corrected chi connectivity index (χ0v) is 11.3. The van der Waals surface area contributed by atoms with E-state index >= 15 is 0 Å². The second kappa shape index (κ2) is 5.83. The summed E-state index contributed by atoms with van der Waals surface area (Å²) >= 11 is 0. The van der Waals surface area contributed by atoms with Gasteiger partial charge in [0.15, 0.2) is 0 Å². The molecule has 2 aromatic rings. The molecule has 1 aromatic carbocycles. The third-order valence-electron chi connectivity index (χ3n) is 3.18. The normalized spacial score (nSPS) is 13.8. The van der Waals surface area contributed by atoms with Gasteiger partial charge in [-0.3, -0.25) is 0 Å². The Morgan fingerprint density at radius 3 is 2.65 bits per heavy atom. The van der Waals surface area contributed by atoms with Crippen LogP contribution >= 0.6 is 0 Å². The van der Waals surface area contributed by atoms with Crippen molar-refractivity contribution in [1.29, 1.82) is 0 Å². The Labute approximate surface area is 115 Å². The first kappa shape index (κ1) is 14.8. The summed E-state index contributed by atoms with van der Waals surface area (Å²) < 4.78 is 39.4. The summed E-state index contributed by atoms with van der Waals surface area (Å²) in [6.07, 6.45) is -2.23. The van der Waals surface area contributed by atoms with Crippen molar-refractivity contribution >= 4 is 11.0 Å². The Balaban J connectivity index is 2.38. The fourth-order valence-corrected chi connectivity index (χ4v) is 2.34. The number of hydrogen-bond acceptors (Lipinski definition) is 2. The van der Waals surface area contributed by atoms with E-state index in [0.717, 1.165) is 12.8 Å². The molecule has 2 N–H and O–H groups in total. The number of rotatable bonds is 5. The maximum absolute atomic E-state index is 12.7. The molecule has 1 heterocycles. The van der Waals surface area contributed by atoms with Crippen LogP contribution in [0, 0.1) is 0 Å². The zero-order valence-electron chi connectivity index (χ0n) is 11.3. The molecule has 110 valence electrons. The fraction of sp³-hybridized carbons (Fsp3) is 0.500. The van der Waals surface area contributed by atoms with Gasteiger partial charge in [0.2, 0.25) is 0 Å². The molecule has 0 amide bonds. The maximum atomic E-state index is 12.7. The molecule has 20 heavy (non-hydrogen) atoms. The van der Waals surface area contributed by atoms with Gasteiger partial charge in [0.1, 0.15) is 12.4 Å². The molecule has 1 unspecified atom stereocenters. The molecule has 0 aliphatic carbocycles. The number of alkyl halides is 3. The number of halogens is 3. The van der Waals surface area contributed by atoms with Crippen molar-refractivity contribution in [2.45, 2.75) is 44.9 Å². The summed E-state index contributed by atoms with van der Waals surface area (Å²) in [5, 5.41) is 0. The molecular formula is C14H18F3N3. The van der Waals surface area contributed by atoms with E-state index in [0.29, 0.717) is 23.3 Å². The van der Waals surface area contributed by atoms with Crippen LogP contribution in [0.2, 0.25) is 0 Å². The van der Waals surface area contributed by atoms with Crippen LogP contribution in [0.4, 0.5) is 13.2 Å². The number of nitrogens with two attached hydrogens (primary N) is 1. The zero-order chi connectivity index (χ0) is 14.8. The number of aromatic nitrogens is 2.